The second kappa shape index (κ2) is 3.24. The van der Waals surface area contributed by atoms with Gasteiger partial charge in [0.2, 0.25) is 0 Å². The van der Waals surface area contributed by atoms with Crippen LogP contribution in [-0.2, 0) is 0 Å². The third-order valence-electron chi connectivity index (χ3n) is 2.22. The lowest BCUT2D eigenvalue weighted by molar-refractivity contribution is 0.0410. The van der Waals surface area contributed by atoms with E-state index in [4.69, 9.17) is 10.5 Å². The van der Waals surface area contributed by atoms with Gasteiger partial charge >= 0.3 is 0 Å². The predicted octanol–water partition coefficient (Wildman–Crippen LogP) is 2.15. The lowest BCUT2D eigenvalue weighted by Crippen LogP contribution is -2.34. The number of benzene rings is 1. The Labute approximate surface area is 76.5 Å². The Morgan fingerprint density at radius 1 is 1.23 bits per heavy atom. The molecule has 0 radical (unpaired) electrons. The van der Waals surface area contributed by atoms with Gasteiger partial charge in [-0.25, -0.2) is 4.39 Å². The van der Waals surface area contributed by atoms with Gasteiger partial charge in [0.25, 0.3) is 0 Å². The summed E-state index contributed by atoms with van der Waals surface area (Å²) in [6, 6.07) is 7.17. The largest absolute Gasteiger partial charge is 0.490 e. The molecular weight excluding hydrogens is 169 g/mol. The molecule has 0 unspecified atom stereocenters. The first-order chi connectivity index (χ1) is 6.24. The van der Waals surface area contributed by atoms with E-state index in [0.717, 1.165) is 5.75 Å². The van der Waals surface area contributed by atoms with Crippen molar-refractivity contribution in [3.8, 4) is 5.75 Å². The quantitative estimate of drug-likeness (QED) is 0.709. The minimum atomic E-state index is -0.668. The van der Waals surface area contributed by atoms with Crippen LogP contribution in [0, 0.1) is 0 Å². The lowest BCUT2D eigenvalue weighted by atomic mass is 9.94. The van der Waals surface area contributed by atoms with E-state index in [1.54, 1.807) is 24.3 Å². The first-order valence-corrected chi connectivity index (χ1v) is 4.40. The zero-order chi connectivity index (χ0) is 9.26. The van der Waals surface area contributed by atoms with Gasteiger partial charge in [-0.05, 0) is 24.3 Å². The van der Waals surface area contributed by atoms with Gasteiger partial charge in [0, 0.05) is 18.5 Å². The summed E-state index contributed by atoms with van der Waals surface area (Å²) in [5.74, 6) is 0.770. The molecule has 1 fully saturated rings. The van der Waals surface area contributed by atoms with Crippen molar-refractivity contribution in [2.45, 2.75) is 25.1 Å². The molecule has 1 saturated carbocycles. The monoisotopic (exact) mass is 181 g/mol. The summed E-state index contributed by atoms with van der Waals surface area (Å²) in [4.78, 5) is 0. The van der Waals surface area contributed by atoms with Crippen molar-refractivity contribution in [1.29, 1.82) is 0 Å². The second-order valence-electron chi connectivity index (χ2n) is 3.38. The Kier molecular flexibility index (Phi) is 2.08. The maximum Gasteiger partial charge on any atom is 0.119 e. The third-order valence-corrected chi connectivity index (χ3v) is 2.22. The van der Waals surface area contributed by atoms with Gasteiger partial charge in [-0.15, -0.1) is 0 Å². The Bertz CT molecular complexity index is 279. The van der Waals surface area contributed by atoms with E-state index in [0.29, 0.717) is 18.5 Å². The van der Waals surface area contributed by atoms with Crippen LogP contribution in [0.1, 0.15) is 12.8 Å². The fourth-order valence-electron chi connectivity index (χ4n) is 1.34. The minimum absolute atomic E-state index is 0.0543. The fraction of sp³-hybridized carbons (Fsp3) is 0.400. The Morgan fingerprint density at radius 3 is 2.38 bits per heavy atom. The maximum absolute atomic E-state index is 12.4. The van der Waals surface area contributed by atoms with Crippen molar-refractivity contribution < 1.29 is 9.13 Å². The van der Waals surface area contributed by atoms with Crippen LogP contribution in [0.15, 0.2) is 24.3 Å². The van der Waals surface area contributed by atoms with Gasteiger partial charge in [0.05, 0.1) is 0 Å². The molecule has 0 atom stereocenters. The number of nitrogen functional groups attached to an aromatic ring is 1. The predicted molar refractivity (Wildman–Crippen MR) is 49.4 cm³/mol. The summed E-state index contributed by atoms with van der Waals surface area (Å²) in [7, 11) is 0. The van der Waals surface area contributed by atoms with Gasteiger partial charge in [-0.3, -0.25) is 0 Å². The number of anilines is 1. The highest BCUT2D eigenvalue weighted by Crippen LogP contribution is 2.28. The van der Waals surface area contributed by atoms with E-state index in [1.807, 2.05) is 0 Å². The normalized spacial score (nSPS) is 26.5. The number of ether oxygens (including phenoxy) is 1. The summed E-state index contributed by atoms with van der Waals surface area (Å²) in [6.07, 6.45) is 0.423. The average molecular weight is 181 g/mol. The molecule has 3 heteroatoms. The Hall–Kier alpha value is -1.25. The number of alkyl halides is 1. The summed E-state index contributed by atoms with van der Waals surface area (Å²) < 4.78 is 17.9. The molecule has 1 aliphatic carbocycles. The van der Waals surface area contributed by atoms with Crippen LogP contribution in [0.5, 0.6) is 5.75 Å². The number of hydrogen-bond acceptors (Lipinski definition) is 2. The van der Waals surface area contributed by atoms with Crippen molar-refractivity contribution >= 4 is 5.69 Å². The van der Waals surface area contributed by atoms with Crippen LogP contribution in [0.25, 0.3) is 0 Å². The standard InChI is InChI=1S/C10H12FNO/c11-7-5-10(6-7)13-9-3-1-8(12)2-4-9/h1-4,7,10H,5-6,12H2. The van der Waals surface area contributed by atoms with Crippen LogP contribution in [0.3, 0.4) is 0 Å². The molecule has 0 amide bonds. The van der Waals surface area contributed by atoms with Gasteiger partial charge in [0.1, 0.15) is 18.0 Å². The van der Waals surface area contributed by atoms with E-state index in [1.165, 1.54) is 0 Å². The van der Waals surface area contributed by atoms with E-state index in [-0.39, 0.29) is 6.10 Å². The first-order valence-electron chi connectivity index (χ1n) is 4.40. The highest BCUT2D eigenvalue weighted by atomic mass is 19.1. The minimum Gasteiger partial charge on any atom is -0.490 e. The van der Waals surface area contributed by atoms with Crippen LogP contribution in [0.4, 0.5) is 10.1 Å². The highest BCUT2D eigenvalue weighted by Gasteiger charge is 2.30. The molecule has 1 aromatic carbocycles. The molecule has 2 nitrogen and oxygen atoms in total. The zero-order valence-corrected chi connectivity index (χ0v) is 7.24. The molecule has 0 bridgehead atoms. The fourth-order valence-corrected chi connectivity index (χ4v) is 1.34. The highest BCUT2D eigenvalue weighted by molar-refractivity contribution is 5.41. The van der Waals surface area contributed by atoms with Gasteiger partial charge in [0.15, 0.2) is 0 Å². The number of hydrogen-bond donors (Lipinski definition) is 1. The van der Waals surface area contributed by atoms with E-state index < -0.39 is 6.17 Å². The molecule has 0 heterocycles. The van der Waals surface area contributed by atoms with Crippen LogP contribution in [-0.4, -0.2) is 12.3 Å². The Balaban J connectivity index is 1.91. The van der Waals surface area contributed by atoms with Crippen LogP contribution in [0.2, 0.25) is 0 Å². The summed E-state index contributed by atoms with van der Waals surface area (Å²) in [5, 5.41) is 0. The third kappa shape index (κ3) is 1.91. The molecule has 13 heavy (non-hydrogen) atoms. The molecule has 0 aromatic heterocycles. The number of rotatable bonds is 2. The van der Waals surface area contributed by atoms with Crippen molar-refractivity contribution in [2.75, 3.05) is 5.73 Å². The van der Waals surface area contributed by atoms with Crippen molar-refractivity contribution in [3.63, 3.8) is 0 Å². The molecule has 0 spiro atoms. The molecule has 2 rings (SSSR count). The van der Waals surface area contributed by atoms with Crippen LogP contribution >= 0.6 is 0 Å². The molecule has 1 aromatic rings. The van der Waals surface area contributed by atoms with Gasteiger partial charge in [-0.2, -0.15) is 0 Å². The SMILES string of the molecule is Nc1ccc(OC2CC(F)C2)cc1. The molecule has 70 valence electrons. The van der Waals surface area contributed by atoms with Gasteiger partial charge in [-0.1, -0.05) is 0 Å². The van der Waals surface area contributed by atoms with E-state index >= 15 is 0 Å². The smallest absolute Gasteiger partial charge is 0.119 e. The molecular formula is C10H12FNO. The first kappa shape index (κ1) is 8.35. The van der Waals surface area contributed by atoms with Crippen molar-refractivity contribution in [1.82, 2.24) is 0 Å². The molecule has 1 aliphatic rings. The average Bonchev–Trinajstić information content (AvgIpc) is 2.06. The van der Waals surface area contributed by atoms with Crippen molar-refractivity contribution in [3.05, 3.63) is 24.3 Å². The zero-order valence-electron chi connectivity index (χ0n) is 7.24. The number of nitrogens with two attached hydrogens (primary N) is 1. The molecule has 0 aliphatic heterocycles. The maximum atomic E-state index is 12.4. The second-order valence-corrected chi connectivity index (χ2v) is 3.38. The van der Waals surface area contributed by atoms with E-state index in [9.17, 15) is 4.39 Å². The Morgan fingerprint density at radius 2 is 1.85 bits per heavy atom. The lowest BCUT2D eigenvalue weighted by Gasteiger charge is -2.29. The van der Waals surface area contributed by atoms with Crippen LogP contribution < -0.4 is 10.5 Å². The van der Waals surface area contributed by atoms with Crippen molar-refractivity contribution in [2.24, 2.45) is 0 Å². The molecule has 2 N–H and O–H groups in total. The molecule has 0 saturated heterocycles. The summed E-state index contributed by atoms with van der Waals surface area (Å²) >= 11 is 0. The number of halogens is 1. The summed E-state index contributed by atoms with van der Waals surface area (Å²) in [5.41, 5.74) is 6.22. The van der Waals surface area contributed by atoms with Gasteiger partial charge < -0.3 is 10.5 Å². The van der Waals surface area contributed by atoms with E-state index in [2.05, 4.69) is 0 Å². The topological polar surface area (TPSA) is 35.2 Å². The summed E-state index contributed by atoms with van der Waals surface area (Å²) in [6.45, 7) is 0.